The minimum Gasteiger partial charge on any atom is -0.394 e. The summed E-state index contributed by atoms with van der Waals surface area (Å²) in [7, 11) is 1.74. The zero-order valence-corrected chi connectivity index (χ0v) is 18.9. The molecule has 0 radical (unpaired) electrons. The standard InChI is InChI=1S/C24H31FN4O3/c1-4-24(31)27(3)22-11-26-23(10-21(22)20-6-5-17(25)9-16(20)2)29-13-19-15-32-8-7-28(19)12-18(29)14-30/h5-6,9-11,18-19,30H,4,7-8,12-15H2,1-3H3/t18-,19-/m0/s1. The number of hydrogen-bond acceptors (Lipinski definition) is 6. The third kappa shape index (κ3) is 4.35. The Morgan fingerprint density at radius 1 is 1.31 bits per heavy atom. The lowest BCUT2D eigenvalue weighted by Gasteiger charge is -2.48. The van der Waals surface area contributed by atoms with Crippen LogP contribution in [0.15, 0.2) is 30.5 Å². The maximum Gasteiger partial charge on any atom is 0.226 e. The number of anilines is 2. The van der Waals surface area contributed by atoms with E-state index in [0.717, 1.165) is 35.6 Å². The van der Waals surface area contributed by atoms with Crippen LogP contribution in [0, 0.1) is 12.7 Å². The molecule has 1 amide bonds. The van der Waals surface area contributed by atoms with E-state index in [1.54, 1.807) is 24.2 Å². The normalized spacial score (nSPS) is 21.3. The molecule has 2 aliphatic rings. The number of pyridine rings is 1. The van der Waals surface area contributed by atoms with Crippen LogP contribution in [0.2, 0.25) is 0 Å². The molecule has 3 heterocycles. The van der Waals surface area contributed by atoms with Gasteiger partial charge in [-0.25, -0.2) is 9.37 Å². The number of nitrogens with zero attached hydrogens (tertiary/aromatic N) is 4. The number of hydrogen-bond donors (Lipinski definition) is 1. The summed E-state index contributed by atoms with van der Waals surface area (Å²) in [6.07, 6.45) is 2.08. The van der Waals surface area contributed by atoms with Crippen molar-refractivity contribution in [2.75, 3.05) is 56.3 Å². The van der Waals surface area contributed by atoms with Crippen LogP contribution in [0.4, 0.5) is 15.9 Å². The summed E-state index contributed by atoms with van der Waals surface area (Å²) in [5.74, 6) is 0.407. The molecule has 32 heavy (non-hydrogen) atoms. The van der Waals surface area contributed by atoms with Crippen molar-refractivity contribution < 1.29 is 19.0 Å². The van der Waals surface area contributed by atoms with Crippen LogP contribution in [0.1, 0.15) is 18.9 Å². The summed E-state index contributed by atoms with van der Waals surface area (Å²) in [5.41, 5.74) is 3.12. The van der Waals surface area contributed by atoms with Crippen molar-refractivity contribution in [3.05, 3.63) is 41.8 Å². The highest BCUT2D eigenvalue weighted by Gasteiger charge is 2.36. The van der Waals surface area contributed by atoms with Crippen molar-refractivity contribution >= 4 is 17.4 Å². The van der Waals surface area contributed by atoms with Gasteiger partial charge in [-0.05, 0) is 36.2 Å². The number of rotatable bonds is 5. The average molecular weight is 443 g/mol. The number of aryl methyl sites for hydroxylation is 1. The van der Waals surface area contributed by atoms with E-state index in [9.17, 15) is 14.3 Å². The van der Waals surface area contributed by atoms with Gasteiger partial charge in [-0.15, -0.1) is 0 Å². The van der Waals surface area contributed by atoms with Gasteiger partial charge in [-0.2, -0.15) is 0 Å². The zero-order valence-electron chi connectivity index (χ0n) is 18.9. The molecule has 0 spiro atoms. The highest BCUT2D eigenvalue weighted by molar-refractivity contribution is 5.97. The number of piperazine rings is 1. The van der Waals surface area contributed by atoms with Gasteiger partial charge in [0.2, 0.25) is 5.91 Å². The number of benzene rings is 1. The number of aromatic nitrogens is 1. The van der Waals surface area contributed by atoms with Gasteiger partial charge in [-0.3, -0.25) is 9.69 Å². The summed E-state index contributed by atoms with van der Waals surface area (Å²) in [6.45, 7) is 7.38. The molecule has 0 aliphatic carbocycles. The van der Waals surface area contributed by atoms with E-state index in [0.29, 0.717) is 31.9 Å². The maximum atomic E-state index is 13.8. The van der Waals surface area contributed by atoms with Crippen molar-refractivity contribution in [3.8, 4) is 11.1 Å². The minimum absolute atomic E-state index is 0.0205. The van der Waals surface area contributed by atoms with Gasteiger partial charge in [0.15, 0.2) is 0 Å². The summed E-state index contributed by atoms with van der Waals surface area (Å²) in [6, 6.07) is 6.79. The monoisotopic (exact) mass is 442 g/mol. The topological polar surface area (TPSA) is 69.1 Å². The average Bonchev–Trinajstić information content (AvgIpc) is 2.82. The number of halogens is 1. The van der Waals surface area contributed by atoms with Gasteiger partial charge >= 0.3 is 0 Å². The molecule has 1 N–H and O–H groups in total. The van der Waals surface area contributed by atoms with Crippen molar-refractivity contribution in [1.82, 2.24) is 9.88 Å². The van der Waals surface area contributed by atoms with Crippen LogP contribution in [0.25, 0.3) is 11.1 Å². The Hall–Kier alpha value is -2.55. The minimum atomic E-state index is -0.297. The molecular formula is C24H31FN4O3. The molecule has 2 fully saturated rings. The lowest BCUT2D eigenvalue weighted by Crippen LogP contribution is -2.63. The molecule has 8 heteroatoms. The first-order valence-corrected chi connectivity index (χ1v) is 11.1. The van der Waals surface area contributed by atoms with Crippen molar-refractivity contribution in [2.24, 2.45) is 0 Å². The van der Waals surface area contributed by atoms with E-state index in [1.807, 2.05) is 19.9 Å². The third-order valence-corrected chi connectivity index (χ3v) is 6.53. The van der Waals surface area contributed by atoms with E-state index >= 15 is 0 Å². The first-order valence-electron chi connectivity index (χ1n) is 11.1. The summed E-state index contributed by atoms with van der Waals surface area (Å²) in [5, 5.41) is 10.1. The quantitative estimate of drug-likeness (QED) is 0.767. The van der Waals surface area contributed by atoms with E-state index < -0.39 is 0 Å². The largest absolute Gasteiger partial charge is 0.394 e. The molecule has 2 atom stereocenters. The summed E-state index contributed by atoms with van der Waals surface area (Å²) < 4.78 is 19.5. The molecule has 2 saturated heterocycles. The van der Waals surface area contributed by atoms with E-state index in [1.165, 1.54) is 12.1 Å². The Balaban J connectivity index is 1.77. The highest BCUT2D eigenvalue weighted by Crippen LogP contribution is 2.36. The number of ether oxygens (including phenoxy) is 1. The smallest absolute Gasteiger partial charge is 0.226 e. The number of carbonyl (C=O) groups excluding carboxylic acids is 1. The zero-order chi connectivity index (χ0) is 22.8. The lowest BCUT2D eigenvalue weighted by molar-refractivity contribution is -0.118. The van der Waals surface area contributed by atoms with Crippen molar-refractivity contribution in [3.63, 3.8) is 0 Å². The van der Waals surface area contributed by atoms with Gasteiger partial charge in [-0.1, -0.05) is 13.0 Å². The van der Waals surface area contributed by atoms with Gasteiger partial charge in [0, 0.05) is 38.7 Å². The van der Waals surface area contributed by atoms with Gasteiger partial charge in [0.1, 0.15) is 11.6 Å². The Kier molecular flexibility index (Phi) is 6.74. The highest BCUT2D eigenvalue weighted by atomic mass is 19.1. The second-order valence-corrected chi connectivity index (χ2v) is 8.54. The van der Waals surface area contributed by atoms with E-state index in [4.69, 9.17) is 9.72 Å². The van der Waals surface area contributed by atoms with E-state index in [-0.39, 0.29) is 30.4 Å². The van der Waals surface area contributed by atoms with Crippen LogP contribution >= 0.6 is 0 Å². The second kappa shape index (κ2) is 9.52. The van der Waals surface area contributed by atoms with Gasteiger partial charge in [0.05, 0.1) is 43.8 Å². The Morgan fingerprint density at radius 2 is 2.12 bits per heavy atom. The lowest BCUT2D eigenvalue weighted by atomic mass is 9.98. The van der Waals surface area contributed by atoms with Crippen LogP contribution in [0.5, 0.6) is 0 Å². The number of carbonyl (C=O) groups is 1. The maximum absolute atomic E-state index is 13.8. The molecule has 4 rings (SSSR count). The van der Waals surface area contributed by atoms with Crippen LogP contribution in [-0.2, 0) is 9.53 Å². The third-order valence-electron chi connectivity index (χ3n) is 6.53. The SMILES string of the molecule is CCC(=O)N(C)c1cnc(N2C[C@H]3COCCN3C[C@H]2CO)cc1-c1ccc(F)cc1C. The molecule has 172 valence electrons. The van der Waals surface area contributed by atoms with Crippen LogP contribution < -0.4 is 9.80 Å². The molecule has 0 saturated carbocycles. The summed E-state index contributed by atoms with van der Waals surface area (Å²) >= 11 is 0. The fourth-order valence-electron chi connectivity index (χ4n) is 4.66. The summed E-state index contributed by atoms with van der Waals surface area (Å²) in [4.78, 5) is 23.2. The molecule has 0 unspecified atom stereocenters. The first kappa shape index (κ1) is 22.6. The van der Waals surface area contributed by atoms with Gasteiger partial charge in [0.25, 0.3) is 0 Å². The first-order chi connectivity index (χ1) is 15.4. The Bertz CT molecular complexity index is 986. The van der Waals surface area contributed by atoms with Crippen LogP contribution in [0.3, 0.4) is 0 Å². The number of amides is 1. The Morgan fingerprint density at radius 3 is 2.84 bits per heavy atom. The molecule has 1 aromatic heterocycles. The molecule has 7 nitrogen and oxygen atoms in total. The predicted molar refractivity (Wildman–Crippen MR) is 122 cm³/mol. The second-order valence-electron chi connectivity index (χ2n) is 8.54. The molecule has 2 aliphatic heterocycles. The van der Waals surface area contributed by atoms with Crippen molar-refractivity contribution in [1.29, 1.82) is 0 Å². The fraction of sp³-hybridized carbons (Fsp3) is 0.500. The molecule has 0 bridgehead atoms. The van der Waals surface area contributed by atoms with E-state index in [2.05, 4.69) is 9.80 Å². The molecule has 2 aromatic rings. The fourth-order valence-corrected chi connectivity index (χ4v) is 4.66. The molecule has 1 aromatic carbocycles. The number of fused-ring (bicyclic) bond motifs is 1. The molecular weight excluding hydrogens is 411 g/mol. The van der Waals surface area contributed by atoms with Gasteiger partial charge < -0.3 is 19.6 Å². The predicted octanol–water partition coefficient (Wildman–Crippen LogP) is 2.45. The number of aliphatic hydroxyl groups excluding tert-OH is 1. The number of morpholine rings is 1. The van der Waals surface area contributed by atoms with Crippen LogP contribution in [-0.4, -0.2) is 79.5 Å². The Labute approximate surface area is 188 Å². The van der Waals surface area contributed by atoms with Crippen molar-refractivity contribution in [2.45, 2.75) is 32.4 Å². The number of aliphatic hydroxyl groups is 1.